The van der Waals surface area contributed by atoms with Crippen LogP contribution in [0.3, 0.4) is 0 Å². The van der Waals surface area contributed by atoms with E-state index in [0.29, 0.717) is 6.04 Å². The fraction of sp³-hybridized carbons (Fsp3) is 0.400. The van der Waals surface area contributed by atoms with Gasteiger partial charge < -0.3 is 5.32 Å². The molecule has 2 atom stereocenters. The summed E-state index contributed by atoms with van der Waals surface area (Å²) >= 11 is 1.64. The van der Waals surface area contributed by atoms with Crippen molar-refractivity contribution < 1.29 is 0 Å². The van der Waals surface area contributed by atoms with E-state index in [2.05, 4.69) is 60.7 Å². The van der Waals surface area contributed by atoms with Crippen LogP contribution in [0.5, 0.6) is 0 Å². The SMILES string of the molecule is CCc1ccc(C(C)NC(C)c2cscn2)cc1. The molecule has 0 fully saturated rings. The highest BCUT2D eigenvalue weighted by molar-refractivity contribution is 7.07. The van der Waals surface area contributed by atoms with Crippen LogP contribution in [0.25, 0.3) is 0 Å². The Labute approximate surface area is 113 Å². The molecule has 96 valence electrons. The van der Waals surface area contributed by atoms with Gasteiger partial charge >= 0.3 is 0 Å². The van der Waals surface area contributed by atoms with E-state index in [9.17, 15) is 0 Å². The van der Waals surface area contributed by atoms with Crippen molar-refractivity contribution in [1.82, 2.24) is 10.3 Å². The number of hydrogen-bond acceptors (Lipinski definition) is 3. The van der Waals surface area contributed by atoms with Crippen molar-refractivity contribution in [2.75, 3.05) is 0 Å². The molecule has 0 aliphatic carbocycles. The summed E-state index contributed by atoms with van der Waals surface area (Å²) in [5.74, 6) is 0. The van der Waals surface area contributed by atoms with Crippen LogP contribution in [0.15, 0.2) is 35.2 Å². The molecule has 1 aromatic carbocycles. The maximum atomic E-state index is 4.35. The molecule has 1 aromatic heterocycles. The van der Waals surface area contributed by atoms with Crippen LogP contribution < -0.4 is 5.32 Å². The Morgan fingerprint density at radius 3 is 2.44 bits per heavy atom. The van der Waals surface area contributed by atoms with E-state index in [1.54, 1.807) is 11.3 Å². The largest absolute Gasteiger partial charge is 0.302 e. The minimum atomic E-state index is 0.289. The van der Waals surface area contributed by atoms with Gasteiger partial charge in [0.1, 0.15) is 0 Å². The van der Waals surface area contributed by atoms with E-state index in [-0.39, 0.29) is 6.04 Å². The molecule has 0 aliphatic rings. The normalized spacial score (nSPS) is 14.4. The number of nitrogens with one attached hydrogen (secondary N) is 1. The zero-order valence-corrected chi connectivity index (χ0v) is 12.0. The van der Waals surface area contributed by atoms with Gasteiger partial charge in [-0.3, -0.25) is 0 Å². The lowest BCUT2D eigenvalue weighted by molar-refractivity contribution is 0.488. The molecule has 0 amide bonds. The third-order valence-corrected chi connectivity index (χ3v) is 3.89. The van der Waals surface area contributed by atoms with Crippen molar-refractivity contribution in [2.45, 2.75) is 39.3 Å². The first-order valence-corrected chi connectivity index (χ1v) is 7.38. The van der Waals surface area contributed by atoms with Crippen molar-refractivity contribution in [2.24, 2.45) is 0 Å². The molecule has 0 saturated carbocycles. The van der Waals surface area contributed by atoms with Crippen LogP contribution >= 0.6 is 11.3 Å². The second kappa shape index (κ2) is 6.12. The van der Waals surface area contributed by atoms with Crippen LogP contribution in [0.4, 0.5) is 0 Å². The van der Waals surface area contributed by atoms with Gasteiger partial charge in [-0.2, -0.15) is 0 Å². The standard InChI is InChI=1S/C15H20N2S/c1-4-13-5-7-14(8-6-13)11(2)17-12(3)15-9-18-10-16-15/h5-12,17H,4H2,1-3H3. The Morgan fingerprint density at radius 2 is 1.89 bits per heavy atom. The van der Waals surface area contributed by atoms with E-state index < -0.39 is 0 Å². The predicted molar refractivity (Wildman–Crippen MR) is 77.9 cm³/mol. The maximum Gasteiger partial charge on any atom is 0.0795 e. The summed E-state index contributed by atoms with van der Waals surface area (Å²) in [6, 6.07) is 9.47. The molecular formula is C15H20N2S. The molecule has 0 radical (unpaired) electrons. The summed E-state index contributed by atoms with van der Waals surface area (Å²) in [5, 5.41) is 5.68. The first-order valence-electron chi connectivity index (χ1n) is 6.43. The van der Waals surface area contributed by atoms with Crippen molar-refractivity contribution in [3.8, 4) is 0 Å². The van der Waals surface area contributed by atoms with E-state index in [1.165, 1.54) is 11.1 Å². The summed E-state index contributed by atoms with van der Waals surface area (Å²) < 4.78 is 0. The summed E-state index contributed by atoms with van der Waals surface area (Å²) in [6.45, 7) is 6.54. The first kappa shape index (κ1) is 13.2. The van der Waals surface area contributed by atoms with Crippen LogP contribution in [0.1, 0.15) is 49.7 Å². The highest BCUT2D eigenvalue weighted by atomic mass is 32.1. The lowest BCUT2D eigenvalue weighted by Crippen LogP contribution is -2.22. The fourth-order valence-corrected chi connectivity index (χ4v) is 2.68. The number of aromatic nitrogens is 1. The molecule has 0 spiro atoms. The molecule has 3 heteroatoms. The second-order valence-electron chi connectivity index (χ2n) is 4.62. The minimum absolute atomic E-state index is 0.289. The van der Waals surface area contributed by atoms with Gasteiger partial charge in [0.15, 0.2) is 0 Å². The van der Waals surface area contributed by atoms with Crippen LogP contribution in [-0.2, 0) is 6.42 Å². The maximum absolute atomic E-state index is 4.35. The molecule has 0 bridgehead atoms. The lowest BCUT2D eigenvalue weighted by atomic mass is 10.0. The zero-order chi connectivity index (χ0) is 13.0. The summed E-state index contributed by atoms with van der Waals surface area (Å²) in [7, 11) is 0. The minimum Gasteiger partial charge on any atom is -0.302 e. The van der Waals surface area contributed by atoms with E-state index >= 15 is 0 Å². The number of nitrogens with zero attached hydrogens (tertiary/aromatic N) is 1. The molecule has 0 saturated heterocycles. The monoisotopic (exact) mass is 260 g/mol. The number of rotatable bonds is 5. The Bertz CT molecular complexity index is 462. The fourth-order valence-electron chi connectivity index (χ4n) is 2.03. The Kier molecular flexibility index (Phi) is 4.50. The molecule has 1 heterocycles. The highest BCUT2D eigenvalue weighted by Crippen LogP contribution is 2.19. The van der Waals surface area contributed by atoms with Crippen LogP contribution in [0, 0.1) is 0 Å². The Hall–Kier alpha value is -1.19. The van der Waals surface area contributed by atoms with E-state index in [4.69, 9.17) is 0 Å². The summed E-state index contributed by atoms with van der Waals surface area (Å²) in [4.78, 5) is 4.35. The lowest BCUT2D eigenvalue weighted by Gasteiger charge is -2.19. The Balaban J connectivity index is 2.00. The average molecular weight is 260 g/mol. The van der Waals surface area contributed by atoms with Gasteiger partial charge in [-0.25, -0.2) is 4.98 Å². The van der Waals surface area contributed by atoms with Crippen molar-refractivity contribution in [3.05, 3.63) is 52.0 Å². The summed E-state index contributed by atoms with van der Waals surface area (Å²) in [5.41, 5.74) is 5.72. The van der Waals surface area contributed by atoms with Gasteiger partial charge in [0.05, 0.1) is 11.2 Å². The molecule has 2 rings (SSSR count). The molecule has 2 unspecified atom stereocenters. The topological polar surface area (TPSA) is 24.9 Å². The smallest absolute Gasteiger partial charge is 0.0795 e. The van der Waals surface area contributed by atoms with Gasteiger partial charge in [-0.1, -0.05) is 31.2 Å². The molecular weight excluding hydrogens is 240 g/mol. The second-order valence-corrected chi connectivity index (χ2v) is 5.34. The van der Waals surface area contributed by atoms with Gasteiger partial charge in [-0.15, -0.1) is 11.3 Å². The van der Waals surface area contributed by atoms with Gasteiger partial charge in [-0.05, 0) is 31.4 Å². The first-order chi connectivity index (χ1) is 8.70. The summed E-state index contributed by atoms with van der Waals surface area (Å²) in [6.07, 6.45) is 1.09. The van der Waals surface area contributed by atoms with E-state index in [0.717, 1.165) is 12.1 Å². The number of aryl methyl sites for hydroxylation is 1. The van der Waals surface area contributed by atoms with Gasteiger partial charge in [0.2, 0.25) is 0 Å². The Morgan fingerprint density at radius 1 is 1.17 bits per heavy atom. The molecule has 2 nitrogen and oxygen atoms in total. The number of benzene rings is 1. The van der Waals surface area contributed by atoms with Crippen LogP contribution in [0.2, 0.25) is 0 Å². The van der Waals surface area contributed by atoms with E-state index in [1.807, 2.05) is 5.51 Å². The average Bonchev–Trinajstić information content (AvgIpc) is 2.92. The van der Waals surface area contributed by atoms with Crippen molar-refractivity contribution >= 4 is 11.3 Å². The van der Waals surface area contributed by atoms with Crippen molar-refractivity contribution in [3.63, 3.8) is 0 Å². The third-order valence-electron chi connectivity index (χ3n) is 3.28. The predicted octanol–water partition coefficient (Wildman–Crippen LogP) is 4.12. The van der Waals surface area contributed by atoms with Gasteiger partial charge in [0, 0.05) is 17.5 Å². The highest BCUT2D eigenvalue weighted by Gasteiger charge is 2.12. The quantitative estimate of drug-likeness (QED) is 0.875. The van der Waals surface area contributed by atoms with Crippen LogP contribution in [-0.4, -0.2) is 4.98 Å². The van der Waals surface area contributed by atoms with Crippen molar-refractivity contribution in [1.29, 1.82) is 0 Å². The zero-order valence-electron chi connectivity index (χ0n) is 11.2. The molecule has 0 aliphatic heterocycles. The molecule has 18 heavy (non-hydrogen) atoms. The van der Waals surface area contributed by atoms with Gasteiger partial charge in [0.25, 0.3) is 0 Å². The molecule has 1 N–H and O–H groups in total. The molecule has 2 aromatic rings. The number of hydrogen-bond donors (Lipinski definition) is 1. The number of thiazole rings is 1. The third kappa shape index (κ3) is 3.18.